The molecule has 0 bridgehead atoms. The van der Waals surface area contributed by atoms with Gasteiger partial charge in [0, 0.05) is 49.8 Å². The number of amides is 2. The molecule has 3 aliphatic rings. The van der Waals surface area contributed by atoms with Crippen molar-refractivity contribution < 1.29 is 9.59 Å². The quantitative estimate of drug-likeness (QED) is 0.435. The fourth-order valence-corrected chi connectivity index (χ4v) is 6.85. The lowest BCUT2D eigenvalue weighted by Gasteiger charge is -2.47. The summed E-state index contributed by atoms with van der Waals surface area (Å²) in [5.41, 5.74) is 5.06. The average Bonchev–Trinajstić information content (AvgIpc) is 2.98. The highest BCUT2D eigenvalue weighted by Gasteiger charge is 2.39. The number of hydrogen-bond donors (Lipinski definition) is 1. The van der Waals surface area contributed by atoms with Gasteiger partial charge in [-0.15, -0.1) is 0 Å². The Morgan fingerprint density at radius 3 is 2.38 bits per heavy atom. The normalized spacial score (nSPS) is 20.4. The second-order valence-electron chi connectivity index (χ2n) is 11.3. The van der Waals surface area contributed by atoms with E-state index in [0.717, 1.165) is 69.4 Å². The number of pyridine rings is 1. The second-order valence-corrected chi connectivity index (χ2v) is 11.7. The summed E-state index contributed by atoms with van der Waals surface area (Å²) in [6, 6.07) is 17.2. The first kappa shape index (κ1) is 25.9. The fourth-order valence-electron chi connectivity index (χ4n) is 6.62. The number of benzene rings is 2. The van der Waals surface area contributed by atoms with Crippen molar-refractivity contribution in [3.05, 3.63) is 94.3 Å². The van der Waals surface area contributed by atoms with E-state index in [1.807, 2.05) is 41.6 Å². The predicted molar refractivity (Wildman–Crippen MR) is 154 cm³/mol. The molecular weight excluding hydrogens is 508 g/mol. The van der Waals surface area contributed by atoms with Gasteiger partial charge in [0.25, 0.3) is 11.8 Å². The standard InChI is InChI=1S/C32H35ClN4O2/c33-28-6-2-1-5-26(28)30(38)35-29-7-3-4-23-8-9-24(22-27(23)29)31(39)37-20-14-32(15-21-37)12-18-36(19-13-32)25-10-16-34-17-11-25/h1-2,5-6,8-11,16-17,22,29H,3-4,7,12-15,18-21H2,(H,35,38)/t29-/m0/s1. The van der Waals surface area contributed by atoms with E-state index in [-0.39, 0.29) is 17.9 Å². The molecule has 0 saturated carbocycles. The third-order valence-electron chi connectivity index (χ3n) is 9.09. The van der Waals surface area contributed by atoms with Gasteiger partial charge < -0.3 is 15.1 Å². The third-order valence-corrected chi connectivity index (χ3v) is 9.42. The van der Waals surface area contributed by atoms with Gasteiger partial charge in [0.05, 0.1) is 16.6 Å². The van der Waals surface area contributed by atoms with E-state index >= 15 is 0 Å². The van der Waals surface area contributed by atoms with Gasteiger partial charge >= 0.3 is 0 Å². The molecule has 202 valence electrons. The Morgan fingerprint density at radius 1 is 0.923 bits per heavy atom. The summed E-state index contributed by atoms with van der Waals surface area (Å²) < 4.78 is 0. The first-order chi connectivity index (χ1) is 19.0. The number of nitrogens with one attached hydrogen (secondary N) is 1. The van der Waals surface area contributed by atoms with Crippen LogP contribution in [-0.4, -0.2) is 47.9 Å². The number of carbonyl (C=O) groups excluding carboxylic acids is 2. The lowest BCUT2D eigenvalue weighted by atomic mass is 9.71. The Bertz CT molecular complexity index is 1340. The molecule has 0 radical (unpaired) electrons. The van der Waals surface area contributed by atoms with Gasteiger partial charge in [-0.1, -0.05) is 29.8 Å². The molecule has 1 N–H and O–H groups in total. The number of hydrogen-bond acceptors (Lipinski definition) is 4. The van der Waals surface area contributed by atoms with Gasteiger partial charge in [-0.25, -0.2) is 0 Å². The maximum absolute atomic E-state index is 13.6. The molecule has 2 amide bonds. The number of likely N-dealkylation sites (tertiary alicyclic amines) is 1. The van der Waals surface area contributed by atoms with E-state index in [1.165, 1.54) is 24.1 Å². The molecule has 3 heterocycles. The van der Waals surface area contributed by atoms with Crippen LogP contribution in [0.1, 0.15) is 76.4 Å². The summed E-state index contributed by atoms with van der Waals surface area (Å²) in [6.07, 6.45) is 11.0. The van der Waals surface area contributed by atoms with E-state index in [0.29, 0.717) is 16.0 Å². The largest absolute Gasteiger partial charge is 0.371 e. The highest BCUT2D eigenvalue weighted by atomic mass is 35.5. The van der Waals surface area contributed by atoms with Gasteiger partial charge in [0.1, 0.15) is 0 Å². The van der Waals surface area contributed by atoms with Gasteiger partial charge in [-0.3, -0.25) is 14.6 Å². The van der Waals surface area contributed by atoms with Crippen LogP contribution in [0.25, 0.3) is 0 Å². The highest BCUT2D eigenvalue weighted by molar-refractivity contribution is 6.33. The molecule has 7 heteroatoms. The highest BCUT2D eigenvalue weighted by Crippen LogP contribution is 2.42. The second kappa shape index (κ2) is 11.0. The molecule has 2 fully saturated rings. The molecule has 0 unspecified atom stereocenters. The minimum absolute atomic E-state index is 0.101. The summed E-state index contributed by atoms with van der Waals surface area (Å²) >= 11 is 6.26. The average molecular weight is 543 g/mol. The Kier molecular flexibility index (Phi) is 7.30. The molecule has 39 heavy (non-hydrogen) atoms. The Labute approximate surface area is 235 Å². The monoisotopic (exact) mass is 542 g/mol. The van der Waals surface area contributed by atoms with Crippen LogP contribution >= 0.6 is 11.6 Å². The van der Waals surface area contributed by atoms with E-state index in [4.69, 9.17) is 11.6 Å². The van der Waals surface area contributed by atoms with Crippen LogP contribution in [-0.2, 0) is 6.42 Å². The van der Waals surface area contributed by atoms with Crippen molar-refractivity contribution in [2.24, 2.45) is 5.41 Å². The number of anilines is 1. The maximum atomic E-state index is 13.6. The minimum Gasteiger partial charge on any atom is -0.371 e. The Morgan fingerprint density at radius 2 is 1.64 bits per heavy atom. The molecule has 1 aliphatic carbocycles. The summed E-state index contributed by atoms with van der Waals surface area (Å²) in [5, 5.41) is 3.62. The number of piperidine rings is 2. The number of carbonyl (C=O) groups is 2. The molecule has 2 aliphatic heterocycles. The van der Waals surface area contributed by atoms with Crippen LogP contribution in [0.4, 0.5) is 5.69 Å². The van der Waals surface area contributed by atoms with Crippen molar-refractivity contribution in [3.63, 3.8) is 0 Å². The minimum atomic E-state index is -0.175. The smallest absolute Gasteiger partial charge is 0.253 e. The van der Waals surface area contributed by atoms with Crippen molar-refractivity contribution in [2.45, 2.75) is 51.0 Å². The topological polar surface area (TPSA) is 65.5 Å². The molecule has 3 aromatic rings. The lowest BCUT2D eigenvalue weighted by Crippen LogP contribution is -2.48. The number of rotatable bonds is 4. The Hall–Kier alpha value is -3.38. The van der Waals surface area contributed by atoms with E-state index in [1.54, 1.807) is 12.1 Å². The molecule has 6 rings (SSSR count). The van der Waals surface area contributed by atoms with Gasteiger partial charge in [-0.2, -0.15) is 0 Å². The number of aryl methyl sites for hydroxylation is 1. The van der Waals surface area contributed by atoms with Crippen molar-refractivity contribution in [3.8, 4) is 0 Å². The first-order valence-electron chi connectivity index (χ1n) is 14.1. The third kappa shape index (κ3) is 5.40. The first-order valence-corrected chi connectivity index (χ1v) is 14.5. The number of fused-ring (bicyclic) bond motifs is 1. The van der Waals surface area contributed by atoms with Crippen LogP contribution in [0, 0.1) is 5.41 Å². The summed E-state index contributed by atoms with van der Waals surface area (Å²) in [6.45, 7) is 3.73. The van der Waals surface area contributed by atoms with E-state index < -0.39 is 0 Å². The lowest BCUT2D eigenvalue weighted by molar-refractivity contribution is 0.0515. The van der Waals surface area contributed by atoms with Gasteiger partial charge in [0.2, 0.25) is 0 Å². The number of halogens is 1. The fraction of sp³-hybridized carbons (Fsp3) is 0.406. The zero-order valence-corrected chi connectivity index (χ0v) is 23.0. The molecule has 1 atom stereocenters. The molecule has 6 nitrogen and oxygen atoms in total. The van der Waals surface area contributed by atoms with Crippen LogP contribution in [0.2, 0.25) is 5.02 Å². The maximum Gasteiger partial charge on any atom is 0.253 e. The van der Waals surface area contributed by atoms with Crippen molar-refractivity contribution in [1.29, 1.82) is 0 Å². The molecular formula is C32H35ClN4O2. The molecule has 1 spiro atoms. The van der Waals surface area contributed by atoms with Crippen molar-refractivity contribution in [2.75, 3.05) is 31.1 Å². The number of nitrogens with zero attached hydrogens (tertiary/aromatic N) is 3. The Balaban J connectivity index is 1.10. The van der Waals surface area contributed by atoms with Crippen molar-refractivity contribution >= 4 is 29.1 Å². The van der Waals surface area contributed by atoms with Crippen LogP contribution in [0.15, 0.2) is 67.0 Å². The van der Waals surface area contributed by atoms with Crippen LogP contribution in [0.5, 0.6) is 0 Å². The number of aromatic nitrogens is 1. The van der Waals surface area contributed by atoms with E-state index in [2.05, 4.69) is 33.4 Å². The molecule has 1 aromatic heterocycles. The van der Waals surface area contributed by atoms with Gasteiger partial charge in [-0.05, 0) is 97.9 Å². The molecule has 2 aromatic carbocycles. The van der Waals surface area contributed by atoms with Crippen LogP contribution < -0.4 is 10.2 Å². The summed E-state index contributed by atoms with van der Waals surface area (Å²) in [4.78, 5) is 35.2. The summed E-state index contributed by atoms with van der Waals surface area (Å²) in [5.74, 6) is -0.0740. The zero-order chi connectivity index (χ0) is 26.8. The predicted octanol–water partition coefficient (Wildman–Crippen LogP) is 6.07. The van der Waals surface area contributed by atoms with E-state index in [9.17, 15) is 9.59 Å². The SMILES string of the molecule is O=C(N[C@H]1CCCc2ccc(C(=O)N3CCC4(CC3)CCN(c3ccncc3)CC4)cc21)c1ccccc1Cl. The summed E-state index contributed by atoms with van der Waals surface area (Å²) in [7, 11) is 0. The zero-order valence-electron chi connectivity index (χ0n) is 22.2. The van der Waals surface area contributed by atoms with Crippen LogP contribution in [0.3, 0.4) is 0 Å². The van der Waals surface area contributed by atoms with Crippen molar-refractivity contribution in [1.82, 2.24) is 15.2 Å². The van der Waals surface area contributed by atoms with Gasteiger partial charge in [0.15, 0.2) is 0 Å². The molecule has 2 saturated heterocycles.